The summed E-state index contributed by atoms with van der Waals surface area (Å²) in [7, 11) is 0. The van der Waals surface area contributed by atoms with E-state index < -0.39 is 11.0 Å². The molecule has 0 amide bonds. The van der Waals surface area contributed by atoms with Crippen LogP contribution in [0, 0.1) is 10.1 Å². The molecule has 1 unspecified atom stereocenters. The lowest BCUT2D eigenvalue weighted by molar-refractivity contribution is -0.384. The van der Waals surface area contributed by atoms with E-state index >= 15 is 0 Å². The van der Waals surface area contributed by atoms with Crippen LogP contribution in [-0.4, -0.2) is 35.3 Å². The van der Waals surface area contributed by atoms with E-state index in [9.17, 15) is 15.2 Å². The molecule has 1 heterocycles. The van der Waals surface area contributed by atoms with Crippen molar-refractivity contribution in [2.75, 3.05) is 18.0 Å². The van der Waals surface area contributed by atoms with Gasteiger partial charge >= 0.3 is 0 Å². The molecule has 1 aromatic rings. The lowest BCUT2D eigenvalue weighted by atomic mass is 10.1. The van der Waals surface area contributed by atoms with E-state index in [4.69, 9.17) is 4.74 Å². The first-order valence-corrected chi connectivity index (χ1v) is 6.75. The van der Waals surface area contributed by atoms with Gasteiger partial charge in [-0.2, -0.15) is 0 Å². The molecule has 0 bridgehead atoms. The maximum absolute atomic E-state index is 11.3. The minimum Gasteiger partial charge on any atom is -0.389 e. The van der Waals surface area contributed by atoms with Crippen LogP contribution in [0.1, 0.15) is 32.4 Å². The Morgan fingerprint density at radius 1 is 1.40 bits per heavy atom. The second-order valence-corrected chi connectivity index (χ2v) is 5.34. The zero-order valence-electron chi connectivity index (χ0n) is 11.9. The van der Waals surface area contributed by atoms with Gasteiger partial charge < -0.3 is 14.7 Å². The highest BCUT2D eigenvalue weighted by Crippen LogP contribution is 2.32. The predicted octanol–water partition coefficient (Wildman–Crippen LogP) is 2.26. The molecule has 0 radical (unpaired) electrons. The summed E-state index contributed by atoms with van der Waals surface area (Å²) >= 11 is 0. The molecule has 6 heteroatoms. The minimum absolute atomic E-state index is 0.0321. The van der Waals surface area contributed by atoms with Crippen molar-refractivity contribution in [3.8, 4) is 0 Å². The van der Waals surface area contributed by atoms with Crippen molar-refractivity contribution in [3.63, 3.8) is 0 Å². The number of nitrogens with zero attached hydrogens (tertiary/aromatic N) is 2. The minimum atomic E-state index is -0.717. The predicted molar refractivity (Wildman–Crippen MR) is 76.0 cm³/mol. The zero-order valence-corrected chi connectivity index (χ0v) is 11.9. The fourth-order valence-corrected chi connectivity index (χ4v) is 2.59. The quantitative estimate of drug-likeness (QED) is 0.679. The molecular formula is C14H20N2O4. The smallest absolute Gasteiger partial charge is 0.292 e. The monoisotopic (exact) mass is 280 g/mol. The Morgan fingerprint density at radius 2 is 2.00 bits per heavy atom. The van der Waals surface area contributed by atoms with Crippen molar-refractivity contribution in [2.45, 2.75) is 39.1 Å². The van der Waals surface area contributed by atoms with Gasteiger partial charge in [0.1, 0.15) is 5.69 Å². The molecule has 1 N–H and O–H groups in total. The van der Waals surface area contributed by atoms with Crippen LogP contribution in [-0.2, 0) is 4.74 Å². The molecule has 0 spiro atoms. The van der Waals surface area contributed by atoms with Gasteiger partial charge in [0.25, 0.3) is 5.69 Å². The summed E-state index contributed by atoms with van der Waals surface area (Å²) < 4.78 is 5.65. The molecule has 3 atom stereocenters. The van der Waals surface area contributed by atoms with Crippen molar-refractivity contribution in [1.82, 2.24) is 0 Å². The molecule has 110 valence electrons. The third-order valence-corrected chi connectivity index (χ3v) is 3.44. The van der Waals surface area contributed by atoms with Crippen molar-refractivity contribution in [1.29, 1.82) is 0 Å². The van der Waals surface area contributed by atoms with E-state index in [0.29, 0.717) is 24.3 Å². The number of nitro groups is 1. The molecule has 2 rings (SSSR count). The molecule has 0 aromatic heterocycles. The van der Waals surface area contributed by atoms with Crippen LogP contribution in [0.15, 0.2) is 18.2 Å². The lowest BCUT2D eigenvalue weighted by Crippen LogP contribution is -2.45. The van der Waals surface area contributed by atoms with E-state index in [1.165, 1.54) is 6.07 Å². The summed E-state index contributed by atoms with van der Waals surface area (Å²) in [5.41, 5.74) is 1.17. The highest BCUT2D eigenvalue weighted by atomic mass is 16.6. The topological polar surface area (TPSA) is 75.8 Å². The van der Waals surface area contributed by atoms with Crippen LogP contribution in [0.2, 0.25) is 0 Å². The average molecular weight is 280 g/mol. The van der Waals surface area contributed by atoms with Crippen molar-refractivity contribution in [3.05, 3.63) is 33.9 Å². The Balaban J connectivity index is 2.37. The van der Waals surface area contributed by atoms with Gasteiger partial charge in [-0.25, -0.2) is 0 Å². The molecule has 1 saturated heterocycles. The fourth-order valence-electron chi connectivity index (χ4n) is 2.59. The molecule has 1 fully saturated rings. The third-order valence-electron chi connectivity index (χ3n) is 3.44. The molecule has 1 aromatic carbocycles. The maximum atomic E-state index is 11.3. The summed E-state index contributed by atoms with van der Waals surface area (Å²) in [6.07, 6.45) is -0.644. The van der Waals surface area contributed by atoms with Crippen LogP contribution < -0.4 is 4.90 Å². The highest BCUT2D eigenvalue weighted by molar-refractivity contribution is 5.65. The molecule has 20 heavy (non-hydrogen) atoms. The van der Waals surface area contributed by atoms with Gasteiger partial charge in [-0.15, -0.1) is 0 Å². The summed E-state index contributed by atoms with van der Waals surface area (Å²) in [6, 6.07) is 4.90. The number of nitro benzene ring substituents is 1. The summed E-state index contributed by atoms with van der Waals surface area (Å²) in [6.45, 7) is 6.76. The normalized spacial score (nSPS) is 24.5. The van der Waals surface area contributed by atoms with Gasteiger partial charge in [0.05, 0.1) is 23.2 Å². The number of rotatable bonds is 3. The SMILES string of the molecule is CC(O)c1ccc(N2C[C@@H](C)O[C@@H](C)C2)c([N+](=O)[O-])c1. The number of aliphatic hydroxyl groups excluding tert-OH is 1. The van der Waals surface area contributed by atoms with Gasteiger partial charge in [0.2, 0.25) is 0 Å². The van der Waals surface area contributed by atoms with Crippen LogP contribution in [0.5, 0.6) is 0 Å². The van der Waals surface area contributed by atoms with Crippen molar-refractivity contribution in [2.24, 2.45) is 0 Å². The molecular weight excluding hydrogens is 260 g/mol. The number of hydrogen-bond donors (Lipinski definition) is 1. The molecule has 6 nitrogen and oxygen atoms in total. The fraction of sp³-hybridized carbons (Fsp3) is 0.571. The van der Waals surface area contributed by atoms with Gasteiger partial charge in [0, 0.05) is 19.2 Å². The lowest BCUT2D eigenvalue weighted by Gasteiger charge is -2.36. The Bertz CT molecular complexity index is 494. The molecule has 1 aliphatic heterocycles. The summed E-state index contributed by atoms with van der Waals surface area (Å²) in [5, 5.41) is 20.8. The second kappa shape index (κ2) is 5.76. The van der Waals surface area contributed by atoms with Gasteiger partial charge in [-0.1, -0.05) is 6.07 Å². The van der Waals surface area contributed by atoms with Crippen molar-refractivity contribution >= 4 is 11.4 Å². The third kappa shape index (κ3) is 3.08. The first kappa shape index (κ1) is 14.7. The zero-order chi connectivity index (χ0) is 14.9. The molecule has 1 aliphatic rings. The number of morpholine rings is 1. The number of ether oxygens (including phenoxy) is 1. The maximum Gasteiger partial charge on any atom is 0.292 e. The van der Waals surface area contributed by atoms with Gasteiger partial charge in [-0.05, 0) is 32.4 Å². The van der Waals surface area contributed by atoms with Crippen LogP contribution in [0.25, 0.3) is 0 Å². The molecule has 0 aliphatic carbocycles. The summed E-state index contributed by atoms with van der Waals surface area (Å²) in [5.74, 6) is 0. The largest absolute Gasteiger partial charge is 0.389 e. The Morgan fingerprint density at radius 3 is 2.50 bits per heavy atom. The van der Waals surface area contributed by atoms with Crippen LogP contribution in [0.3, 0.4) is 0 Å². The number of benzene rings is 1. The highest BCUT2D eigenvalue weighted by Gasteiger charge is 2.27. The summed E-state index contributed by atoms with van der Waals surface area (Å²) in [4.78, 5) is 12.8. The molecule has 0 saturated carbocycles. The second-order valence-electron chi connectivity index (χ2n) is 5.34. The van der Waals surface area contributed by atoms with Crippen LogP contribution in [0.4, 0.5) is 11.4 Å². The first-order chi connectivity index (χ1) is 9.38. The number of anilines is 1. The van der Waals surface area contributed by atoms with E-state index in [0.717, 1.165) is 0 Å². The van der Waals surface area contributed by atoms with Crippen LogP contribution >= 0.6 is 0 Å². The van der Waals surface area contributed by atoms with Gasteiger partial charge in [0.15, 0.2) is 0 Å². The van der Waals surface area contributed by atoms with E-state index in [1.54, 1.807) is 19.1 Å². The van der Waals surface area contributed by atoms with E-state index in [-0.39, 0.29) is 17.9 Å². The first-order valence-electron chi connectivity index (χ1n) is 6.75. The van der Waals surface area contributed by atoms with Gasteiger partial charge in [-0.3, -0.25) is 10.1 Å². The number of hydrogen-bond acceptors (Lipinski definition) is 5. The van der Waals surface area contributed by atoms with E-state index in [1.807, 2.05) is 18.7 Å². The van der Waals surface area contributed by atoms with Crippen molar-refractivity contribution < 1.29 is 14.8 Å². The van der Waals surface area contributed by atoms with E-state index in [2.05, 4.69) is 0 Å². The Kier molecular flexibility index (Phi) is 4.25. The average Bonchev–Trinajstić information content (AvgIpc) is 2.36. The number of aliphatic hydroxyl groups is 1. The standard InChI is InChI=1S/C14H20N2O4/c1-9-7-15(8-10(2)20-9)13-5-4-12(11(3)17)6-14(13)16(18)19/h4-6,9-11,17H,7-8H2,1-3H3/t9-,10+,11?. The Labute approximate surface area is 118 Å². The Hall–Kier alpha value is -1.66.